The van der Waals surface area contributed by atoms with Gasteiger partial charge in [-0.1, -0.05) is 23.7 Å². The lowest BCUT2D eigenvalue weighted by Crippen LogP contribution is -2.24. The van der Waals surface area contributed by atoms with E-state index in [0.29, 0.717) is 29.0 Å². The second kappa shape index (κ2) is 7.44. The highest BCUT2D eigenvalue weighted by molar-refractivity contribution is 7.91. The molecule has 1 fully saturated rings. The average Bonchev–Trinajstić information content (AvgIpc) is 2.57. The van der Waals surface area contributed by atoms with Gasteiger partial charge in [0.15, 0.2) is 9.84 Å². The molecule has 0 unspecified atom stereocenters. The maximum absolute atomic E-state index is 14.0. The van der Waals surface area contributed by atoms with E-state index in [1.165, 1.54) is 18.2 Å². The van der Waals surface area contributed by atoms with Crippen molar-refractivity contribution in [3.63, 3.8) is 0 Å². The Balaban J connectivity index is 1.77. The molecule has 0 atom stereocenters. The number of halogens is 2. The van der Waals surface area contributed by atoms with Crippen molar-refractivity contribution in [2.75, 3.05) is 5.75 Å². The number of rotatable bonds is 4. The van der Waals surface area contributed by atoms with E-state index in [9.17, 15) is 17.9 Å². The maximum atomic E-state index is 14.0. The van der Waals surface area contributed by atoms with Gasteiger partial charge >= 0.3 is 0 Å². The molecule has 1 saturated carbocycles. The van der Waals surface area contributed by atoms with Crippen LogP contribution in [0.3, 0.4) is 0 Å². The highest BCUT2D eigenvalue weighted by Gasteiger charge is 2.25. The molecule has 0 heterocycles. The Kier molecular flexibility index (Phi) is 5.46. The van der Waals surface area contributed by atoms with E-state index in [2.05, 4.69) is 0 Å². The number of aliphatic hydroxyl groups is 1. The quantitative estimate of drug-likeness (QED) is 0.848. The molecule has 0 aliphatic heterocycles. The topological polar surface area (TPSA) is 54.4 Å². The van der Waals surface area contributed by atoms with Gasteiger partial charge in [0, 0.05) is 10.6 Å². The fraction of sp³-hybridized carbons (Fsp3) is 0.368. The van der Waals surface area contributed by atoms with Crippen molar-refractivity contribution in [3.8, 4) is 11.1 Å². The molecule has 1 N–H and O–H groups in total. The highest BCUT2D eigenvalue weighted by atomic mass is 35.5. The zero-order chi connectivity index (χ0) is 18.0. The van der Waals surface area contributed by atoms with Gasteiger partial charge in [-0.15, -0.1) is 0 Å². The minimum atomic E-state index is -3.39. The molecule has 2 aromatic carbocycles. The summed E-state index contributed by atoms with van der Waals surface area (Å²) in [7, 11) is -3.39. The molecule has 0 amide bonds. The molecule has 134 valence electrons. The first-order valence-electron chi connectivity index (χ1n) is 8.31. The van der Waals surface area contributed by atoms with Crippen LogP contribution in [0.15, 0.2) is 47.4 Å². The first-order valence-corrected chi connectivity index (χ1v) is 10.3. The predicted octanol–water partition coefficient (Wildman–Crippen LogP) is 4.47. The molecule has 3 rings (SSSR count). The molecular weight excluding hydrogens is 363 g/mol. The van der Waals surface area contributed by atoms with Gasteiger partial charge in [0.2, 0.25) is 0 Å². The molecule has 2 aromatic rings. The van der Waals surface area contributed by atoms with Crippen LogP contribution >= 0.6 is 11.6 Å². The summed E-state index contributed by atoms with van der Waals surface area (Å²) in [5.74, 6) is -0.264. The fourth-order valence-electron chi connectivity index (χ4n) is 3.28. The molecule has 3 nitrogen and oxygen atoms in total. The molecule has 0 spiro atoms. The van der Waals surface area contributed by atoms with E-state index in [1.54, 1.807) is 24.3 Å². The van der Waals surface area contributed by atoms with E-state index < -0.39 is 15.7 Å². The Morgan fingerprint density at radius 2 is 1.68 bits per heavy atom. The molecule has 1 aliphatic rings. The van der Waals surface area contributed by atoms with Crippen molar-refractivity contribution in [3.05, 3.63) is 53.3 Å². The van der Waals surface area contributed by atoms with Crippen molar-refractivity contribution in [2.24, 2.45) is 5.92 Å². The number of aliphatic hydroxyl groups excluding tert-OH is 1. The van der Waals surface area contributed by atoms with Crippen molar-refractivity contribution in [1.29, 1.82) is 0 Å². The lowest BCUT2D eigenvalue weighted by molar-refractivity contribution is 0.113. The second-order valence-corrected chi connectivity index (χ2v) is 9.08. The zero-order valence-corrected chi connectivity index (χ0v) is 15.2. The standard InChI is InChI=1S/C19H20ClFO3S/c20-15-5-10-18(19(21)11-15)14-3-8-17(9-4-14)25(23,24)12-13-1-6-16(22)7-2-13/h3-5,8-11,13,16,22H,1-2,6-7,12H2. The zero-order valence-electron chi connectivity index (χ0n) is 13.7. The van der Waals surface area contributed by atoms with Crippen LogP contribution in [0.5, 0.6) is 0 Å². The van der Waals surface area contributed by atoms with Gasteiger partial charge in [-0.25, -0.2) is 12.8 Å². The predicted molar refractivity (Wildman–Crippen MR) is 96.9 cm³/mol. The summed E-state index contributed by atoms with van der Waals surface area (Å²) in [6.45, 7) is 0. The number of sulfone groups is 1. The number of hydrogen-bond acceptors (Lipinski definition) is 3. The Morgan fingerprint density at radius 3 is 2.28 bits per heavy atom. The first-order chi connectivity index (χ1) is 11.8. The SMILES string of the molecule is O=S(=O)(CC1CCC(O)CC1)c1ccc(-c2ccc(Cl)cc2F)cc1. The van der Waals surface area contributed by atoms with Gasteiger partial charge in [0.25, 0.3) is 0 Å². The summed E-state index contributed by atoms with van der Waals surface area (Å²) >= 11 is 5.76. The van der Waals surface area contributed by atoms with Crippen molar-refractivity contribution >= 4 is 21.4 Å². The Morgan fingerprint density at radius 1 is 1.04 bits per heavy atom. The van der Waals surface area contributed by atoms with Crippen LogP contribution in [0.4, 0.5) is 4.39 Å². The van der Waals surface area contributed by atoms with Gasteiger partial charge in [0.05, 0.1) is 16.8 Å². The lowest BCUT2D eigenvalue weighted by atomic mass is 9.89. The monoisotopic (exact) mass is 382 g/mol. The largest absolute Gasteiger partial charge is 0.393 e. The summed E-state index contributed by atoms with van der Waals surface area (Å²) in [5.41, 5.74) is 0.989. The summed E-state index contributed by atoms with van der Waals surface area (Å²) in [6.07, 6.45) is 2.49. The van der Waals surface area contributed by atoms with Gasteiger partial charge < -0.3 is 5.11 Å². The van der Waals surface area contributed by atoms with Gasteiger partial charge in [-0.3, -0.25) is 0 Å². The van der Waals surface area contributed by atoms with Crippen LogP contribution in [0.2, 0.25) is 5.02 Å². The Bertz CT molecular complexity index is 841. The smallest absolute Gasteiger partial charge is 0.178 e. The summed E-state index contributed by atoms with van der Waals surface area (Å²) in [6, 6.07) is 10.7. The average molecular weight is 383 g/mol. The van der Waals surface area contributed by atoms with Crippen LogP contribution < -0.4 is 0 Å². The number of hydrogen-bond donors (Lipinski definition) is 1. The van der Waals surface area contributed by atoms with Crippen LogP contribution in [0.1, 0.15) is 25.7 Å². The van der Waals surface area contributed by atoms with E-state index in [0.717, 1.165) is 12.8 Å². The van der Waals surface area contributed by atoms with Gasteiger partial charge in [0.1, 0.15) is 5.82 Å². The van der Waals surface area contributed by atoms with E-state index >= 15 is 0 Å². The summed E-state index contributed by atoms with van der Waals surface area (Å²) in [5, 5.41) is 9.85. The maximum Gasteiger partial charge on any atom is 0.178 e. The molecule has 6 heteroatoms. The van der Waals surface area contributed by atoms with Crippen LogP contribution in [0.25, 0.3) is 11.1 Å². The normalized spacial score (nSPS) is 21.2. The molecular formula is C19H20ClFO3S. The minimum absolute atomic E-state index is 0.0850. The third-order valence-electron chi connectivity index (χ3n) is 4.73. The van der Waals surface area contributed by atoms with Crippen molar-refractivity contribution in [2.45, 2.75) is 36.7 Å². The third-order valence-corrected chi connectivity index (χ3v) is 6.86. The van der Waals surface area contributed by atoms with E-state index in [1.807, 2.05) is 0 Å². The fourth-order valence-corrected chi connectivity index (χ4v) is 5.14. The lowest BCUT2D eigenvalue weighted by Gasteiger charge is -2.25. The van der Waals surface area contributed by atoms with Crippen LogP contribution in [-0.4, -0.2) is 25.4 Å². The summed E-state index contributed by atoms with van der Waals surface area (Å²) < 4.78 is 39.2. The van der Waals surface area contributed by atoms with Crippen molar-refractivity contribution in [1.82, 2.24) is 0 Å². The molecule has 0 aromatic heterocycles. The van der Waals surface area contributed by atoms with E-state index in [-0.39, 0.29) is 22.7 Å². The van der Waals surface area contributed by atoms with Crippen LogP contribution in [-0.2, 0) is 9.84 Å². The number of benzene rings is 2. The molecule has 25 heavy (non-hydrogen) atoms. The van der Waals surface area contributed by atoms with Crippen LogP contribution in [0, 0.1) is 11.7 Å². The molecule has 0 bridgehead atoms. The third kappa shape index (κ3) is 4.40. The second-order valence-electron chi connectivity index (χ2n) is 6.60. The molecule has 0 radical (unpaired) electrons. The molecule has 1 aliphatic carbocycles. The Labute approximate surface area is 152 Å². The Hall–Kier alpha value is -1.43. The minimum Gasteiger partial charge on any atom is -0.393 e. The molecule has 0 saturated heterocycles. The summed E-state index contributed by atoms with van der Waals surface area (Å²) in [4.78, 5) is 0.247. The van der Waals surface area contributed by atoms with Gasteiger partial charge in [-0.05, 0) is 67.5 Å². The first kappa shape index (κ1) is 18.4. The van der Waals surface area contributed by atoms with Crippen molar-refractivity contribution < 1.29 is 17.9 Å². The highest BCUT2D eigenvalue weighted by Crippen LogP contribution is 2.29. The van der Waals surface area contributed by atoms with Gasteiger partial charge in [-0.2, -0.15) is 0 Å². The van der Waals surface area contributed by atoms with E-state index in [4.69, 9.17) is 11.6 Å².